The number of anilines is 1. The normalized spacial score (nSPS) is 11.3. The van der Waals surface area contributed by atoms with Crippen LogP contribution >= 0.6 is 0 Å². The number of benzene rings is 1. The Morgan fingerprint density at radius 2 is 2.04 bits per heavy atom. The molecule has 1 aromatic carbocycles. The Morgan fingerprint density at radius 3 is 2.70 bits per heavy atom. The molecule has 0 aliphatic heterocycles. The van der Waals surface area contributed by atoms with Crippen LogP contribution < -0.4 is 5.32 Å². The highest BCUT2D eigenvalue weighted by molar-refractivity contribution is 5.98. The van der Waals surface area contributed by atoms with Crippen molar-refractivity contribution in [3.8, 4) is 0 Å². The van der Waals surface area contributed by atoms with Crippen LogP contribution in [0.2, 0.25) is 0 Å². The first kappa shape index (κ1) is 16.0. The Morgan fingerprint density at radius 1 is 1.30 bits per heavy atom. The highest BCUT2D eigenvalue weighted by Crippen LogP contribution is 2.23. The summed E-state index contributed by atoms with van der Waals surface area (Å²) in [5.41, 5.74) is -0.281. The topological polar surface area (TPSA) is 124 Å². The van der Waals surface area contributed by atoms with E-state index in [-0.39, 0.29) is 17.1 Å². The maximum Gasteiger partial charge on any atom is 0.359 e. The van der Waals surface area contributed by atoms with Gasteiger partial charge in [0, 0.05) is 18.5 Å². The zero-order valence-corrected chi connectivity index (χ0v) is 12.0. The molecule has 1 aromatic heterocycles. The highest BCUT2D eigenvalue weighted by atomic mass is 16.6. The largest absolute Gasteiger partial charge is 0.448 e. The zero-order valence-electron chi connectivity index (χ0n) is 12.0. The summed E-state index contributed by atoms with van der Waals surface area (Å²) in [5.74, 6) is -1.51. The summed E-state index contributed by atoms with van der Waals surface area (Å²) >= 11 is 0. The van der Waals surface area contributed by atoms with E-state index < -0.39 is 22.9 Å². The lowest BCUT2D eigenvalue weighted by Gasteiger charge is -2.13. The number of nitrogens with one attached hydrogen (secondary N) is 1. The molecule has 0 fully saturated rings. The molecule has 2 rings (SSSR count). The SMILES string of the molecule is C[C@H](OC(=O)c1cnccn1)C(=O)Nc1ccccc1[N+](=O)[O-]. The minimum atomic E-state index is -1.16. The van der Waals surface area contributed by atoms with Gasteiger partial charge < -0.3 is 10.1 Å². The molecule has 0 aliphatic carbocycles. The van der Waals surface area contributed by atoms with Crippen LogP contribution in [0.4, 0.5) is 11.4 Å². The number of esters is 1. The number of ether oxygens (including phenoxy) is 1. The van der Waals surface area contributed by atoms with E-state index in [9.17, 15) is 19.7 Å². The van der Waals surface area contributed by atoms with Gasteiger partial charge in [0.1, 0.15) is 5.69 Å². The molecular weight excluding hydrogens is 304 g/mol. The first-order chi connectivity index (χ1) is 11.0. The van der Waals surface area contributed by atoms with Crippen LogP contribution in [-0.2, 0) is 9.53 Å². The third kappa shape index (κ3) is 4.06. The van der Waals surface area contributed by atoms with Crippen molar-refractivity contribution < 1.29 is 19.2 Å². The third-order valence-corrected chi connectivity index (χ3v) is 2.78. The quantitative estimate of drug-likeness (QED) is 0.504. The van der Waals surface area contributed by atoms with Gasteiger partial charge in [0.05, 0.1) is 11.1 Å². The lowest BCUT2D eigenvalue weighted by atomic mass is 10.2. The fourth-order valence-electron chi connectivity index (χ4n) is 1.65. The summed E-state index contributed by atoms with van der Waals surface area (Å²) in [6.45, 7) is 1.35. The molecule has 9 nitrogen and oxygen atoms in total. The van der Waals surface area contributed by atoms with Gasteiger partial charge in [0.15, 0.2) is 11.8 Å². The molecule has 1 heterocycles. The predicted octanol–water partition coefficient (Wildman–Crippen LogP) is 1.57. The average molecular weight is 316 g/mol. The molecular formula is C14H12N4O5. The molecule has 0 bridgehead atoms. The van der Waals surface area contributed by atoms with Crippen molar-refractivity contribution in [3.63, 3.8) is 0 Å². The predicted molar refractivity (Wildman–Crippen MR) is 78.6 cm³/mol. The number of hydrogen-bond donors (Lipinski definition) is 1. The van der Waals surface area contributed by atoms with Crippen molar-refractivity contribution in [2.45, 2.75) is 13.0 Å². The lowest BCUT2D eigenvalue weighted by molar-refractivity contribution is -0.383. The molecule has 0 unspecified atom stereocenters. The van der Waals surface area contributed by atoms with Crippen LogP contribution in [-0.4, -0.2) is 32.9 Å². The van der Waals surface area contributed by atoms with Gasteiger partial charge in [-0.05, 0) is 13.0 Å². The number of hydrogen-bond acceptors (Lipinski definition) is 7. The van der Waals surface area contributed by atoms with E-state index in [0.29, 0.717) is 0 Å². The van der Waals surface area contributed by atoms with Crippen molar-refractivity contribution in [3.05, 3.63) is 58.7 Å². The molecule has 118 valence electrons. The van der Waals surface area contributed by atoms with Crippen molar-refractivity contribution in [2.75, 3.05) is 5.32 Å². The van der Waals surface area contributed by atoms with E-state index in [0.717, 1.165) is 0 Å². The first-order valence-electron chi connectivity index (χ1n) is 6.50. The molecule has 0 saturated heterocycles. The standard InChI is InChI=1S/C14H12N4O5/c1-9(23-14(20)11-8-15-6-7-16-11)13(19)17-10-4-2-3-5-12(10)18(21)22/h2-9H,1H3,(H,17,19)/t9-/m0/s1. The summed E-state index contributed by atoms with van der Waals surface area (Å²) in [6, 6.07) is 5.66. The second kappa shape index (κ2) is 7.07. The fourth-order valence-corrected chi connectivity index (χ4v) is 1.65. The molecule has 0 saturated carbocycles. The monoisotopic (exact) mass is 316 g/mol. The maximum absolute atomic E-state index is 12.0. The van der Waals surface area contributed by atoms with Crippen LogP contribution in [0.1, 0.15) is 17.4 Å². The maximum atomic E-state index is 12.0. The van der Waals surface area contributed by atoms with Gasteiger partial charge >= 0.3 is 5.97 Å². The average Bonchev–Trinajstić information content (AvgIpc) is 2.55. The van der Waals surface area contributed by atoms with Gasteiger partial charge in [-0.3, -0.25) is 19.9 Å². The number of rotatable bonds is 5. The summed E-state index contributed by atoms with van der Waals surface area (Å²) in [7, 11) is 0. The van der Waals surface area contributed by atoms with Crippen LogP contribution in [0.5, 0.6) is 0 Å². The van der Waals surface area contributed by atoms with E-state index >= 15 is 0 Å². The van der Waals surface area contributed by atoms with Crippen molar-refractivity contribution >= 4 is 23.3 Å². The fraction of sp³-hybridized carbons (Fsp3) is 0.143. The Balaban J connectivity index is 2.04. The van der Waals surface area contributed by atoms with E-state index in [1.54, 1.807) is 6.07 Å². The summed E-state index contributed by atoms with van der Waals surface area (Å²) in [6.07, 6.45) is 2.75. The number of carbonyl (C=O) groups is 2. The first-order valence-corrected chi connectivity index (χ1v) is 6.50. The van der Waals surface area contributed by atoms with Crippen LogP contribution in [0.25, 0.3) is 0 Å². The highest BCUT2D eigenvalue weighted by Gasteiger charge is 2.22. The van der Waals surface area contributed by atoms with Gasteiger partial charge in [-0.2, -0.15) is 0 Å². The molecule has 1 atom stereocenters. The molecule has 0 spiro atoms. The Hall–Kier alpha value is -3.36. The van der Waals surface area contributed by atoms with Gasteiger partial charge in [0.25, 0.3) is 11.6 Å². The number of amides is 1. The molecule has 9 heteroatoms. The Labute approximate surface area is 130 Å². The van der Waals surface area contributed by atoms with Gasteiger partial charge in [-0.1, -0.05) is 12.1 Å². The van der Waals surface area contributed by atoms with Gasteiger partial charge in [0.2, 0.25) is 0 Å². The van der Waals surface area contributed by atoms with E-state index in [1.807, 2.05) is 0 Å². The Bertz CT molecular complexity index is 735. The second-order valence-corrected chi connectivity index (χ2v) is 4.40. The number of para-hydroxylation sites is 2. The molecule has 1 N–H and O–H groups in total. The van der Waals surface area contributed by atoms with Crippen molar-refractivity contribution in [1.82, 2.24) is 9.97 Å². The van der Waals surface area contributed by atoms with E-state index in [1.165, 1.54) is 43.7 Å². The minimum absolute atomic E-state index is 0.0184. The summed E-state index contributed by atoms with van der Waals surface area (Å²) in [4.78, 5) is 41.5. The number of carbonyl (C=O) groups excluding carboxylic acids is 2. The molecule has 23 heavy (non-hydrogen) atoms. The lowest BCUT2D eigenvalue weighted by Crippen LogP contribution is -2.30. The molecule has 2 aromatic rings. The van der Waals surface area contributed by atoms with Crippen molar-refractivity contribution in [2.24, 2.45) is 0 Å². The third-order valence-electron chi connectivity index (χ3n) is 2.78. The molecule has 0 aliphatic rings. The van der Waals surface area contributed by atoms with E-state index in [2.05, 4.69) is 15.3 Å². The van der Waals surface area contributed by atoms with Crippen LogP contribution in [0.3, 0.4) is 0 Å². The smallest absolute Gasteiger partial charge is 0.359 e. The zero-order chi connectivity index (χ0) is 16.8. The number of nitro groups is 1. The van der Waals surface area contributed by atoms with Gasteiger partial charge in [-0.15, -0.1) is 0 Å². The number of nitrogens with zero attached hydrogens (tertiary/aromatic N) is 3. The number of nitro benzene ring substituents is 1. The second-order valence-electron chi connectivity index (χ2n) is 4.40. The van der Waals surface area contributed by atoms with Gasteiger partial charge in [-0.25, -0.2) is 9.78 Å². The number of aromatic nitrogens is 2. The summed E-state index contributed by atoms with van der Waals surface area (Å²) in [5, 5.41) is 13.2. The minimum Gasteiger partial charge on any atom is -0.448 e. The molecule has 0 radical (unpaired) electrons. The van der Waals surface area contributed by atoms with E-state index in [4.69, 9.17) is 4.74 Å². The molecule has 1 amide bonds. The van der Waals surface area contributed by atoms with Crippen LogP contribution in [0.15, 0.2) is 42.9 Å². The Kier molecular flexibility index (Phi) is 4.92. The van der Waals surface area contributed by atoms with Crippen molar-refractivity contribution in [1.29, 1.82) is 0 Å². The van der Waals surface area contributed by atoms with Crippen LogP contribution in [0, 0.1) is 10.1 Å². The summed E-state index contributed by atoms with van der Waals surface area (Å²) < 4.78 is 4.95.